The van der Waals surface area contributed by atoms with Crippen LogP contribution in [0.3, 0.4) is 0 Å². The van der Waals surface area contributed by atoms with Gasteiger partial charge in [0.05, 0.1) is 6.26 Å². The summed E-state index contributed by atoms with van der Waals surface area (Å²) >= 11 is 0. The van der Waals surface area contributed by atoms with Gasteiger partial charge in [-0.25, -0.2) is 0 Å². The molecular weight excluding hydrogens is 304 g/mol. The van der Waals surface area contributed by atoms with E-state index in [0.717, 1.165) is 11.1 Å². The Labute approximate surface area is 140 Å². The average Bonchev–Trinajstić information content (AvgIpc) is 3.29. The minimum Gasteiger partial charge on any atom is -0.459 e. The maximum absolute atomic E-state index is 12.8. The molecule has 1 aliphatic heterocycles. The fourth-order valence-electron chi connectivity index (χ4n) is 3.20. The second-order valence-corrected chi connectivity index (χ2v) is 6.59. The second kappa shape index (κ2) is 6.15. The van der Waals surface area contributed by atoms with E-state index < -0.39 is 6.04 Å². The molecule has 2 aliphatic rings. The van der Waals surface area contributed by atoms with Gasteiger partial charge in [0.15, 0.2) is 5.76 Å². The van der Waals surface area contributed by atoms with Gasteiger partial charge in [0.25, 0.3) is 5.91 Å². The topological polar surface area (TPSA) is 62.6 Å². The van der Waals surface area contributed by atoms with Crippen molar-refractivity contribution in [3.63, 3.8) is 0 Å². The van der Waals surface area contributed by atoms with Crippen LogP contribution >= 0.6 is 0 Å². The lowest BCUT2D eigenvalue weighted by Gasteiger charge is -2.35. The van der Waals surface area contributed by atoms with E-state index in [4.69, 9.17) is 4.42 Å². The summed E-state index contributed by atoms with van der Waals surface area (Å²) in [4.78, 5) is 27.1. The number of amides is 2. The Balaban J connectivity index is 1.59. The number of furan rings is 1. The number of rotatable bonds is 4. The highest BCUT2D eigenvalue weighted by Gasteiger charge is 2.36. The first-order valence-electron chi connectivity index (χ1n) is 8.41. The summed E-state index contributed by atoms with van der Waals surface area (Å²) in [6.45, 7) is 1.14. The van der Waals surface area contributed by atoms with Crippen molar-refractivity contribution in [3.05, 3.63) is 59.5 Å². The molecular formula is C19H20N2O3. The third kappa shape index (κ3) is 2.94. The first-order chi connectivity index (χ1) is 11.7. The Bertz CT molecular complexity index is 750. The molecule has 2 heterocycles. The maximum Gasteiger partial charge on any atom is 0.290 e. The molecule has 0 radical (unpaired) electrons. The van der Waals surface area contributed by atoms with Crippen LogP contribution in [0.4, 0.5) is 0 Å². The highest BCUT2D eigenvalue weighted by atomic mass is 16.3. The van der Waals surface area contributed by atoms with Gasteiger partial charge in [-0.3, -0.25) is 9.59 Å². The standard InChI is InChI=1S/C19H20N2O3/c22-18(20-11-13-7-8-13)16-10-14-4-1-2-5-15(14)12-21(16)19(23)17-6-3-9-24-17/h1-6,9,13,16H,7-8,10-12H2,(H,20,22). The second-order valence-electron chi connectivity index (χ2n) is 6.59. The third-order valence-corrected chi connectivity index (χ3v) is 4.81. The van der Waals surface area contributed by atoms with Crippen LogP contribution < -0.4 is 5.32 Å². The van der Waals surface area contributed by atoms with Gasteiger partial charge in [-0.1, -0.05) is 24.3 Å². The molecule has 1 aromatic carbocycles. The number of hydrogen-bond donors (Lipinski definition) is 1. The Kier molecular flexibility index (Phi) is 3.84. The predicted octanol–water partition coefficient (Wildman–Crippen LogP) is 2.37. The molecule has 1 fully saturated rings. The summed E-state index contributed by atoms with van der Waals surface area (Å²) in [6.07, 6.45) is 4.39. The summed E-state index contributed by atoms with van der Waals surface area (Å²) < 4.78 is 5.25. The molecule has 1 aliphatic carbocycles. The first-order valence-corrected chi connectivity index (χ1v) is 8.41. The minimum atomic E-state index is -0.490. The summed E-state index contributed by atoms with van der Waals surface area (Å²) in [7, 11) is 0. The summed E-state index contributed by atoms with van der Waals surface area (Å²) in [5.41, 5.74) is 2.22. The molecule has 1 saturated carbocycles. The smallest absolute Gasteiger partial charge is 0.290 e. The van der Waals surface area contributed by atoms with E-state index in [1.54, 1.807) is 17.0 Å². The summed E-state index contributed by atoms with van der Waals surface area (Å²) in [5, 5.41) is 3.01. The Hall–Kier alpha value is -2.56. The fourth-order valence-corrected chi connectivity index (χ4v) is 3.20. The third-order valence-electron chi connectivity index (χ3n) is 4.81. The number of benzene rings is 1. The zero-order valence-electron chi connectivity index (χ0n) is 13.4. The molecule has 4 rings (SSSR count). The number of nitrogens with one attached hydrogen (secondary N) is 1. The Morgan fingerprint density at radius 1 is 1.12 bits per heavy atom. The van der Waals surface area contributed by atoms with Gasteiger partial charge in [0, 0.05) is 19.5 Å². The normalized spacial score (nSPS) is 19.7. The van der Waals surface area contributed by atoms with E-state index in [9.17, 15) is 9.59 Å². The predicted molar refractivity (Wildman–Crippen MR) is 88.2 cm³/mol. The zero-order valence-corrected chi connectivity index (χ0v) is 13.4. The van der Waals surface area contributed by atoms with Crippen molar-refractivity contribution in [1.29, 1.82) is 0 Å². The van der Waals surface area contributed by atoms with Gasteiger partial charge < -0.3 is 14.6 Å². The zero-order chi connectivity index (χ0) is 16.5. The lowest BCUT2D eigenvalue weighted by Crippen LogP contribution is -2.52. The molecule has 1 aromatic heterocycles. The molecule has 1 unspecified atom stereocenters. The molecule has 24 heavy (non-hydrogen) atoms. The number of fused-ring (bicyclic) bond motifs is 1. The van der Waals surface area contributed by atoms with Crippen LogP contribution in [-0.2, 0) is 17.8 Å². The Morgan fingerprint density at radius 2 is 1.92 bits per heavy atom. The SMILES string of the molecule is O=C(NCC1CC1)C1Cc2ccccc2CN1C(=O)c1ccco1. The molecule has 5 nitrogen and oxygen atoms in total. The fraction of sp³-hybridized carbons (Fsp3) is 0.368. The molecule has 2 aromatic rings. The molecule has 2 amide bonds. The van der Waals surface area contributed by atoms with Gasteiger partial charge in [-0.2, -0.15) is 0 Å². The molecule has 1 atom stereocenters. The minimum absolute atomic E-state index is 0.0729. The molecule has 0 saturated heterocycles. The number of carbonyl (C=O) groups excluding carboxylic acids is 2. The van der Waals surface area contributed by atoms with Crippen LogP contribution in [0.1, 0.15) is 34.5 Å². The van der Waals surface area contributed by atoms with Crippen molar-refractivity contribution in [2.24, 2.45) is 5.92 Å². The quantitative estimate of drug-likeness (QED) is 0.939. The van der Waals surface area contributed by atoms with Gasteiger partial charge in [-0.15, -0.1) is 0 Å². The van der Waals surface area contributed by atoms with Crippen molar-refractivity contribution < 1.29 is 14.0 Å². The molecule has 0 bridgehead atoms. The van der Waals surface area contributed by atoms with Crippen LogP contribution in [0.15, 0.2) is 47.1 Å². The number of nitrogens with zero attached hydrogens (tertiary/aromatic N) is 1. The van der Waals surface area contributed by atoms with Gasteiger partial charge in [0.2, 0.25) is 5.91 Å². The van der Waals surface area contributed by atoms with Crippen LogP contribution in [-0.4, -0.2) is 29.3 Å². The van der Waals surface area contributed by atoms with E-state index >= 15 is 0 Å². The van der Waals surface area contributed by atoms with E-state index in [0.29, 0.717) is 25.4 Å². The van der Waals surface area contributed by atoms with Crippen molar-refractivity contribution in [2.45, 2.75) is 31.8 Å². The molecule has 1 N–H and O–H groups in total. The molecule has 124 valence electrons. The first kappa shape index (κ1) is 15.0. The highest BCUT2D eigenvalue weighted by Crippen LogP contribution is 2.28. The maximum atomic E-state index is 12.8. The monoisotopic (exact) mass is 324 g/mol. The summed E-state index contributed by atoms with van der Waals surface area (Å²) in [5.74, 6) is 0.575. The van der Waals surface area contributed by atoms with Crippen molar-refractivity contribution >= 4 is 11.8 Å². The highest BCUT2D eigenvalue weighted by molar-refractivity contribution is 5.96. The lowest BCUT2D eigenvalue weighted by molar-refractivity contribution is -0.126. The van der Waals surface area contributed by atoms with E-state index in [1.165, 1.54) is 19.1 Å². The van der Waals surface area contributed by atoms with Crippen molar-refractivity contribution in [1.82, 2.24) is 10.2 Å². The van der Waals surface area contributed by atoms with E-state index in [-0.39, 0.29) is 17.6 Å². The van der Waals surface area contributed by atoms with Gasteiger partial charge >= 0.3 is 0 Å². The van der Waals surface area contributed by atoms with E-state index in [2.05, 4.69) is 5.32 Å². The van der Waals surface area contributed by atoms with Gasteiger partial charge in [-0.05, 0) is 42.0 Å². The number of carbonyl (C=O) groups is 2. The molecule has 0 spiro atoms. The molecule has 5 heteroatoms. The van der Waals surface area contributed by atoms with Crippen LogP contribution in [0.2, 0.25) is 0 Å². The van der Waals surface area contributed by atoms with Crippen LogP contribution in [0, 0.1) is 5.92 Å². The lowest BCUT2D eigenvalue weighted by atomic mass is 9.93. The number of hydrogen-bond acceptors (Lipinski definition) is 3. The summed E-state index contributed by atoms with van der Waals surface area (Å²) in [6, 6.07) is 10.8. The van der Waals surface area contributed by atoms with Crippen LogP contribution in [0.25, 0.3) is 0 Å². The Morgan fingerprint density at radius 3 is 2.62 bits per heavy atom. The van der Waals surface area contributed by atoms with Gasteiger partial charge in [0.1, 0.15) is 6.04 Å². The largest absolute Gasteiger partial charge is 0.459 e. The van der Waals surface area contributed by atoms with E-state index in [1.807, 2.05) is 24.3 Å². The van der Waals surface area contributed by atoms with Crippen molar-refractivity contribution in [2.75, 3.05) is 6.54 Å². The van der Waals surface area contributed by atoms with Crippen LogP contribution in [0.5, 0.6) is 0 Å². The average molecular weight is 324 g/mol. The van der Waals surface area contributed by atoms with Crippen molar-refractivity contribution in [3.8, 4) is 0 Å².